The first-order valence-electron chi connectivity index (χ1n) is 8.12. The van der Waals surface area contributed by atoms with Gasteiger partial charge >= 0.3 is 5.97 Å². The van der Waals surface area contributed by atoms with Gasteiger partial charge in [0.2, 0.25) is 0 Å². The number of hydrogen-bond donors (Lipinski definition) is 1. The molecule has 0 atom stereocenters. The van der Waals surface area contributed by atoms with Gasteiger partial charge in [-0.2, -0.15) is 0 Å². The fourth-order valence-corrected chi connectivity index (χ4v) is 1.84. The molecule has 0 aliphatic rings. The summed E-state index contributed by atoms with van der Waals surface area (Å²) in [5.74, 6) is 0.626. The quantitative estimate of drug-likeness (QED) is 0.783. The molecule has 0 spiro atoms. The molecule has 0 aliphatic carbocycles. The topological polar surface area (TPSA) is 49.8 Å². The van der Waals surface area contributed by atoms with Crippen LogP contribution in [0.3, 0.4) is 0 Å². The van der Waals surface area contributed by atoms with Crippen LogP contribution in [0.1, 0.15) is 51.4 Å². The van der Waals surface area contributed by atoms with Gasteiger partial charge in [-0.15, -0.1) is 0 Å². The number of rotatable bonds is 8. The van der Waals surface area contributed by atoms with Crippen LogP contribution in [0.15, 0.2) is 24.3 Å². The van der Waals surface area contributed by atoms with Gasteiger partial charge in [-0.05, 0) is 63.2 Å². The van der Waals surface area contributed by atoms with Gasteiger partial charge in [0.25, 0.3) is 0 Å². The van der Waals surface area contributed by atoms with Gasteiger partial charge in [-0.1, -0.05) is 27.7 Å². The maximum atomic E-state index is 10.4. The van der Waals surface area contributed by atoms with Crippen molar-refractivity contribution in [2.75, 3.05) is 26.2 Å². The highest BCUT2D eigenvalue weighted by atomic mass is 16.5. The van der Waals surface area contributed by atoms with Gasteiger partial charge < -0.3 is 14.7 Å². The van der Waals surface area contributed by atoms with E-state index in [1.807, 2.05) is 6.92 Å². The highest BCUT2D eigenvalue weighted by Crippen LogP contribution is 2.11. The molecule has 0 amide bonds. The Hall–Kier alpha value is -1.55. The zero-order chi connectivity index (χ0) is 17.0. The third kappa shape index (κ3) is 9.40. The predicted octanol–water partition coefficient (Wildman–Crippen LogP) is 4.16. The van der Waals surface area contributed by atoms with Gasteiger partial charge in [0.05, 0.1) is 12.2 Å². The number of carbonyl (C=O) groups is 1. The van der Waals surface area contributed by atoms with Crippen LogP contribution in [-0.2, 0) is 0 Å². The first kappa shape index (κ1) is 20.5. The Kier molecular flexibility index (Phi) is 11.2. The Balaban J connectivity index is 0.000000409. The van der Waals surface area contributed by atoms with E-state index in [1.165, 1.54) is 38.2 Å². The van der Waals surface area contributed by atoms with Gasteiger partial charge in [-0.3, -0.25) is 0 Å². The van der Waals surface area contributed by atoms with E-state index in [9.17, 15) is 4.79 Å². The summed E-state index contributed by atoms with van der Waals surface area (Å²) in [6.45, 7) is 15.1. The Morgan fingerprint density at radius 1 is 1.14 bits per heavy atom. The van der Waals surface area contributed by atoms with Crippen molar-refractivity contribution >= 4 is 5.97 Å². The summed E-state index contributed by atoms with van der Waals surface area (Å²) < 4.78 is 5.15. The molecule has 0 heterocycles. The molecule has 0 unspecified atom stereocenters. The molecule has 0 aromatic heterocycles. The van der Waals surface area contributed by atoms with Crippen LogP contribution in [0.25, 0.3) is 0 Å². The molecule has 1 N–H and O–H groups in total. The summed E-state index contributed by atoms with van der Waals surface area (Å²) in [5.41, 5.74) is 0.276. The highest BCUT2D eigenvalue weighted by Gasteiger charge is 2.01. The van der Waals surface area contributed by atoms with Crippen molar-refractivity contribution in [1.29, 1.82) is 0 Å². The molecule has 1 aromatic rings. The maximum Gasteiger partial charge on any atom is 0.335 e. The van der Waals surface area contributed by atoms with Gasteiger partial charge in [0, 0.05) is 0 Å². The van der Waals surface area contributed by atoms with Crippen molar-refractivity contribution in [1.82, 2.24) is 4.90 Å². The van der Waals surface area contributed by atoms with Crippen LogP contribution in [-0.4, -0.2) is 42.2 Å². The summed E-state index contributed by atoms with van der Waals surface area (Å²) >= 11 is 0. The fourth-order valence-electron chi connectivity index (χ4n) is 1.84. The summed E-state index contributed by atoms with van der Waals surface area (Å²) in [7, 11) is 0. The SMILES string of the molecule is CCN(CC)CCC(C)C.CCOc1ccc(C(=O)O)cc1. The van der Waals surface area contributed by atoms with Crippen LogP contribution in [0.4, 0.5) is 0 Å². The summed E-state index contributed by atoms with van der Waals surface area (Å²) in [5, 5.41) is 8.56. The lowest BCUT2D eigenvalue weighted by Gasteiger charge is -2.18. The van der Waals surface area contributed by atoms with Crippen molar-refractivity contribution in [3.63, 3.8) is 0 Å². The Morgan fingerprint density at radius 3 is 2.05 bits per heavy atom. The minimum absolute atomic E-state index is 0.276. The van der Waals surface area contributed by atoms with Crippen LogP contribution >= 0.6 is 0 Å². The molecule has 0 saturated heterocycles. The molecule has 0 saturated carbocycles. The van der Waals surface area contributed by atoms with Gasteiger partial charge in [0.1, 0.15) is 5.75 Å². The first-order chi connectivity index (χ1) is 10.4. The van der Waals surface area contributed by atoms with E-state index in [2.05, 4.69) is 32.6 Å². The number of carboxylic acid groups (broad SMARTS) is 1. The summed E-state index contributed by atoms with van der Waals surface area (Å²) in [6, 6.07) is 6.33. The minimum atomic E-state index is -0.918. The molecule has 0 bridgehead atoms. The van der Waals surface area contributed by atoms with E-state index in [0.717, 1.165) is 5.92 Å². The van der Waals surface area contributed by atoms with E-state index in [-0.39, 0.29) is 5.56 Å². The zero-order valence-corrected chi connectivity index (χ0v) is 14.6. The van der Waals surface area contributed by atoms with Crippen molar-refractivity contribution < 1.29 is 14.6 Å². The van der Waals surface area contributed by atoms with Crippen molar-refractivity contribution in [3.8, 4) is 5.75 Å². The second kappa shape index (κ2) is 12.0. The molecule has 1 aromatic carbocycles. The normalized spacial score (nSPS) is 10.3. The molecule has 1 rings (SSSR count). The standard InChI is InChI=1S/C9H21N.C9H10O3/c1-5-10(6-2)8-7-9(3)4;1-2-12-8-5-3-7(4-6-8)9(10)11/h9H,5-8H2,1-4H3;3-6H,2H2,1H3,(H,10,11). The molecule has 0 radical (unpaired) electrons. The second-order valence-corrected chi connectivity index (χ2v) is 5.47. The van der Waals surface area contributed by atoms with E-state index in [1.54, 1.807) is 12.1 Å². The molecular weight excluding hydrogens is 278 g/mol. The zero-order valence-electron chi connectivity index (χ0n) is 14.6. The monoisotopic (exact) mass is 309 g/mol. The third-order valence-corrected chi connectivity index (χ3v) is 3.33. The third-order valence-electron chi connectivity index (χ3n) is 3.33. The number of nitrogens with zero attached hydrogens (tertiary/aromatic N) is 1. The number of ether oxygens (including phenoxy) is 1. The largest absolute Gasteiger partial charge is 0.494 e. The fraction of sp³-hybridized carbons (Fsp3) is 0.611. The maximum absolute atomic E-state index is 10.4. The van der Waals surface area contributed by atoms with Gasteiger partial charge in [0.15, 0.2) is 0 Å². The number of hydrogen-bond acceptors (Lipinski definition) is 3. The lowest BCUT2D eigenvalue weighted by molar-refractivity contribution is 0.0697. The van der Waals surface area contributed by atoms with E-state index in [0.29, 0.717) is 12.4 Å². The van der Waals surface area contributed by atoms with Crippen LogP contribution in [0, 0.1) is 5.92 Å². The smallest absolute Gasteiger partial charge is 0.335 e. The van der Waals surface area contributed by atoms with E-state index in [4.69, 9.17) is 9.84 Å². The molecule has 4 heteroatoms. The van der Waals surface area contributed by atoms with E-state index < -0.39 is 5.97 Å². The molecule has 0 fully saturated rings. The lowest BCUT2D eigenvalue weighted by atomic mass is 10.1. The molecule has 0 aliphatic heterocycles. The van der Waals surface area contributed by atoms with Gasteiger partial charge in [-0.25, -0.2) is 4.79 Å². The Labute approximate surface area is 135 Å². The number of aromatic carboxylic acids is 1. The van der Waals surface area contributed by atoms with Crippen LogP contribution in [0.5, 0.6) is 5.75 Å². The van der Waals surface area contributed by atoms with Crippen molar-refractivity contribution in [3.05, 3.63) is 29.8 Å². The van der Waals surface area contributed by atoms with Crippen LogP contribution < -0.4 is 4.74 Å². The van der Waals surface area contributed by atoms with E-state index >= 15 is 0 Å². The average Bonchev–Trinajstić information content (AvgIpc) is 2.49. The summed E-state index contributed by atoms with van der Waals surface area (Å²) in [6.07, 6.45) is 1.34. The molecule has 4 nitrogen and oxygen atoms in total. The van der Waals surface area contributed by atoms with Crippen LogP contribution in [0.2, 0.25) is 0 Å². The minimum Gasteiger partial charge on any atom is -0.494 e. The average molecular weight is 309 g/mol. The summed E-state index contributed by atoms with van der Waals surface area (Å²) in [4.78, 5) is 12.9. The Morgan fingerprint density at radius 2 is 1.68 bits per heavy atom. The molecule has 22 heavy (non-hydrogen) atoms. The number of carboxylic acids is 1. The lowest BCUT2D eigenvalue weighted by Crippen LogP contribution is -2.24. The second-order valence-electron chi connectivity index (χ2n) is 5.47. The Bertz CT molecular complexity index is 397. The number of benzene rings is 1. The van der Waals surface area contributed by atoms with Crippen molar-refractivity contribution in [2.24, 2.45) is 5.92 Å². The molecule has 126 valence electrons. The molecular formula is C18H31NO3. The predicted molar refractivity (Wildman–Crippen MR) is 91.8 cm³/mol. The highest BCUT2D eigenvalue weighted by molar-refractivity contribution is 5.87. The van der Waals surface area contributed by atoms with Crippen molar-refractivity contribution in [2.45, 2.75) is 41.0 Å². The first-order valence-corrected chi connectivity index (χ1v) is 8.12.